The second kappa shape index (κ2) is 4.05. The minimum atomic E-state index is 0.233. The minimum Gasteiger partial charge on any atom is -0.326 e. The average Bonchev–Trinajstić information content (AvgIpc) is 2.01. The highest BCUT2D eigenvalue weighted by Gasteiger charge is 2.13. The van der Waals surface area contributed by atoms with Crippen molar-refractivity contribution < 1.29 is 0 Å². The molecule has 2 N–H and O–H groups in total. The first kappa shape index (κ1) is 11.1. The number of hydrogen-bond acceptors (Lipinski definition) is 3. The Morgan fingerprint density at radius 1 is 1.36 bits per heavy atom. The van der Waals surface area contributed by atoms with Gasteiger partial charge in [0.25, 0.3) is 0 Å². The van der Waals surface area contributed by atoms with Gasteiger partial charge in [-0.3, -0.25) is 0 Å². The monoisotopic (exact) mass is 193 g/mol. The van der Waals surface area contributed by atoms with Crippen molar-refractivity contribution in [1.29, 1.82) is 0 Å². The van der Waals surface area contributed by atoms with Crippen LogP contribution in [0.15, 0.2) is 6.20 Å². The molecule has 1 aromatic heterocycles. The van der Waals surface area contributed by atoms with Crippen molar-refractivity contribution in [3.63, 3.8) is 0 Å². The Kier molecular flexibility index (Phi) is 3.21. The maximum Gasteiger partial charge on any atom is 0.129 e. The first-order valence-electron chi connectivity index (χ1n) is 4.94. The molecule has 1 heterocycles. The van der Waals surface area contributed by atoms with E-state index in [0.717, 1.165) is 23.5 Å². The summed E-state index contributed by atoms with van der Waals surface area (Å²) in [5.41, 5.74) is 7.81. The topological polar surface area (TPSA) is 51.8 Å². The Bertz CT molecular complexity index is 313. The van der Waals surface area contributed by atoms with Crippen LogP contribution in [0.25, 0.3) is 0 Å². The van der Waals surface area contributed by atoms with Gasteiger partial charge >= 0.3 is 0 Å². The molecule has 0 fully saturated rings. The molecule has 1 rings (SSSR count). The molecule has 14 heavy (non-hydrogen) atoms. The fourth-order valence-corrected chi connectivity index (χ4v) is 1.30. The third-order valence-corrected chi connectivity index (χ3v) is 2.04. The summed E-state index contributed by atoms with van der Waals surface area (Å²) in [6.07, 6.45) is 2.74. The molecule has 3 nitrogen and oxygen atoms in total. The van der Waals surface area contributed by atoms with Crippen LogP contribution in [0.5, 0.6) is 0 Å². The predicted octanol–water partition coefficient (Wildman–Crippen LogP) is 1.83. The van der Waals surface area contributed by atoms with E-state index < -0.39 is 0 Å². The summed E-state index contributed by atoms with van der Waals surface area (Å²) in [6, 6.07) is 0. The summed E-state index contributed by atoms with van der Waals surface area (Å²) in [7, 11) is 0. The zero-order valence-corrected chi connectivity index (χ0v) is 9.46. The molecule has 0 atom stereocenters. The quantitative estimate of drug-likeness (QED) is 0.779. The molecule has 0 bridgehead atoms. The van der Waals surface area contributed by atoms with Gasteiger partial charge in [-0.15, -0.1) is 0 Å². The van der Waals surface area contributed by atoms with E-state index in [9.17, 15) is 0 Å². The zero-order chi connectivity index (χ0) is 10.8. The summed E-state index contributed by atoms with van der Waals surface area (Å²) in [5.74, 6) is 0.909. The third-order valence-electron chi connectivity index (χ3n) is 2.04. The van der Waals surface area contributed by atoms with Gasteiger partial charge in [0.1, 0.15) is 5.82 Å². The lowest BCUT2D eigenvalue weighted by Crippen LogP contribution is -2.13. The standard InChI is InChI=1S/C11H19N3/c1-8-9(6-12)7-13-10(14-8)5-11(2,3)4/h7H,5-6,12H2,1-4H3. The zero-order valence-electron chi connectivity index (χ0n) is 9.46. The molecule has 0 amide bonds. The van der Waals surface area contributed by atoms with Gasteiger partial charge < -0.3 is 5.73 Å². The van der Waals surface area contributed by atoms with Crippen molar-refractivity contribution in [1.82, 2.24) is 9.97 Å². The molecule has 0 aliphatic carbocycles. The van der Waals surface area contributed by atoms with Crippen molar-refractivity contribution >= 4 is 0 Å². The van der Waals surface area contributed by atoms with Crippen LogP contribution in [0.3, 0.4) is 0 Å². The fourth-order valence-electron chi connectivity index (χ4n) is 1.30. The van der Waals surface area contributed by atoms with Crippen LogP contribution in [0.4, 0.5) is 0 Å². The number of aromatic nitrogens is 2. The molecule has 0 saturated carbocycles. The highest BCUT2D eigenvalue weighted by Crippen LogP contribution is 2.18. The van der Waals surface area contributed by atoms with Crippen molar-refractivity contribution in [2.75, 3.05) is 0 Å². The van der Waals surface area contributed by atoms with Gasteiger partial charge in [-0.25, -0.2) is 9.97 Å². The molecule has 3 heteroatoms. The molecular formula is C11H19N3. The van der Waals surface area contributed by atoms with E-state index in [0.29, 0.717) is 6.54 Å². The second-order valence-corrected chi connectivity index (χ2v) is 4.84. The number of hydrogen-bond donors (Lipinski definition) is 1. The van der Waals surface area contributed by atoms with Crippen molar-refractivity contribution in [3.8, 4) is 0 Å². The molecule has 0 unspecified atom stereocenters. The maximum absolute atomic E-state index is 5.55. The molecule has 0 aliphatic rings. The van der Waals surface area contributed by atoms with E-state index in [2.05, 4.69) is 30.7 Å². The smallest absolute Gasteiger partial charge is 0.129 e. The first-order valence-corrected chi connectivity index (χ1v) is 4.94. The average molecular weight is 193 g/mol. The van der Waals surface area contributed by atoms with Gasteiger partial charge in [-0.05, 0) is 12.3 Å². The molecule has 0 saturated heterocycles. The van der Waals surface area contributed by atoms with Crippen LogP contribution >= 0.6 is 0 Å². The van der Waals surface area contributed by atoms with E-state index in [1.54, 1.807) is 0 Å². The molecule has 0 radical (unpaired) electrons. The summed E-state index contributed by atoms with van der Waals surface area (Å²) >= 11 is 0. The lowest BCUT2D eigenvalue weighted by Gasteiger charge is -2.17. The highest BCUT2D eigenvalue weighted by molar-refractivity contribution is 5.15. The fraction of sp³-hybridized carbons (Fsp3) is 0.636. The molecule has 78 valence electrons. The van der Waals surface area contributed by atoms with Gasteiger partial charge in [0.2, 0.25) is 0 Å². The normalized spacial score (nSPS) is 11.8. The number of nitrogens with zero attached hydrogens (tertiary/aromatic N) is 2. The van der Waals surface area contributed by atoms with E-state index in [1.165, 1.54) is 0 Å². The highest BCUT2D eigenvalue weighted by atomic mass is 14.9. The Labute approximate surface area is 85.8 Å². The van der Waals surface area contributed by atoms with E-state index >= 15 is 0 Å². The summed E-state index contributed by atoms with van der Waals surface area (Å²) in [4.78, 5) is 8.74. The van der Waals surface area contributed by atoms with Gasteiger partial charge in [-0.1, -0.05) is 20.8 Å². The van der Waals surface area contributed by atoms with Crippen molar-refractivity contribution in [3.05, 3.63) is 23.3 Å². The SMILES string of the molecule is Cc1nc(CC(C)(C)C)ncc1CN. The van der Waals surface area contributed by atoms with Gasteiger partial charge in [-0.2, -0.15) is 0 Å². The molecule has 0 aromatic carbocycles. The van der Waals surface area contributed by atoms with E-state index in [-0.39, 0.29) is 5.41 Å². The van der Waals surface area contributed by atoms with Crippen molar-refractivity contribution in [2.24, 2.45) is 11.1 Å². The van der Waals surface area contributed by atoms with E-state index in [1.807, 2.05) is 13.1 Å². The summed E-state index contributed by atoms with van der Waals surface area (Å²) < 4.78 is 0. The minimum absolute atomic E-state index is 0.233. The Morgan fingerprint density at radius 2 is 2.00 bits per heavy atom. The lowest BCUT2D eigenvalue weighted by molar-refractivity contribution is 0.400. The Hall–Kier alpha value is -0.960. The molecule has 0 spiro atoms. The first-order chi connectivity index (χ1) is 6.42. The lowest BCUT2D eigenvalue weighted by atomic mass is 9.92. The van der Waals surface area contributed by atoms with Crippen LogP contribution in [-0.4, -0.2) is 9.97 Å². The predicted molar refractivity (Wildman–Crippen MR) is 57.8 cm³/mol. The third kappa shape index (κ3) is 3.07. The second-order valence-electron chi connectivity index (χ2n) is 4.84. The number of nitrogens with two attached hydrogens (primary N) is 1. The summed E-state index contributed by atoms with van der Waals surface area (Å²) in [5, 5.41) is 0. The Morgan fingerprint density at radius 3 is 2.43 bits per heavy atom. The van der Waals surface area contributed by atoms with Crippen LogP contribution in [0.2, 0.25) is 0 Å². The largest absolute Gasteiger partial charge is 0.326 e. The van der Waals surface area contributed by atoms with Gasteiger partial charge in [0.15, 0.2) is 0 Å². The van der Waals surface area contributed by atoms with Crippen LogP contribution in [-0.2, 0) is 13.0 Å². The molecular weight excluding hydrogens is 174 g/mol. The molecule has 1 aromatic rings. The maximum atomic E-state index is 5.55. The van der Waals surface area contributed by atoms with Crippen LogP contribution in [0, 0.1) is 12.3 Å². The van der Waals surface area contributed by atoms with Gasteiger partial charge in [0, 0.05) is 30.4 Å². The summed E-state index contributed by atoms with van der Waals surface area (Å²) in [6.45, 7) is 9.05. The van der Waals surface area contributed by atoms with Gasteiger partial charge in [0.05, 0.1) is 0 Å². The number of aryl methyl sites for hydroxylation is 1. The molecule has 0 aliphatic heterocycles. The van der Waals surface area contributed by atoms with Crippen LogP contribution < -0.4 is 5.73 Å². The van der Waals surface area contributed by atoms with E-state index in [4.69, 9.17) is 5.73 Å². The number of rotatable bonds is 2. The Balaban J connectivity index is 2.87. The van der Waals surface area contributed by atoms with Crippen LogP contribution in [0.1, 0.15) is 37.9 Å². The van der Waals surface area contributed by atoms with Crippen molar-refractivity contribution in [2.45, 2.75) is 40.7 Å².